The first kappa shape index (κ1) is 24.4. The molecule has 2 fully saturated rings. The van der Waals surface area contributed by atoms with E-state index in [0.717, 1.165) is 50.5 Å². The molecule has 0 radical (unpaired) electrons. The third kappa shape index (κ3) is 5.48. The van der Waals surface area contributed by atoms with Gasteiger partial charge in [-0.15, -0.1) is 6.58 Å². The van der Waals surface area contributed by atoms with Crippen molar-refractivity contribution in [1.29, 1.82) is 0 Å². The Hall–Kier alpha value is -2.75. The number of carbonyl (C=O) groups is 1. The molecule has 4 rings (SSSR count). The summed E-state index contributed by atoms with van der Waals surface area (Å²) in [6.45, 7) is 5.92. The maximum atomic E-state index is 15.1. The molecule has 0 N–H and O–H groups in total. The van der Waals surface area contributed by atoms with Gasteiger partial charge in [0, 0.05) is 0 Å². The van der Waals surface area contributed by atoms with Gasteiger partial charge in [0.15, 0.2) is 11.6 Å². The molecule has 4 heteroatoms. The Balaban J connectivity index is 1.41. The first-order chi connectivity index (χ1) is 16.5. The summed E-state index contributed by atoms with van der Waals surface area (Å²) in [6.07, 6.45) is 14.2. The molecule has 0 aliphatic heterocycles. The zero-order valence-electron chi connectivity index (χ0n) is 19.9. The highest BCUT2D eigenvalue weighted by atomic mass is 19.2. The highest BCUT2D eigenvalue weighted by molar-refractivity contribution is 5.91. The molecule has 34 heavy (non-hydrogen) atoms. The number of carbonyl (C=O) groups excluding carboxylic acids is 1. The van der Waals surface area contributed by atoms with Crippen LogP contribution in [0.5, 0.6) is 5.75 Å². The summed E-state index contributed by atoms with van der Waals surface area (Å²) in [5, 5.41) is 0. The van der Waals surface area contributed by atoms with Crippen LogP contribution in [0.1, 0.15) is 79.3 Å². The van der Waals surface area contributed by atoms with E-state index in [4.69, 9.17) is 4.74 Å². The van der Waals surface area contributed by atoms with Gasteiger partial charge in [-0.2, -0.15) is 0 Å². The highest BCUT2D eigenvalue weighted by Gasteiger charge is 2.36. The SMILES string of the molecule is C=CC1CCC2CC(c3ccc(C(=O)Oc4ccc(CC/C=C/C)cc4)c(F)c3F)CCC2C1. The summed E-state index contributed by atoms with van der Waals surface area (Å²) in [6, 6.07) is 10.1. The largest absolute Gasteiger partial charge is 0.423 e. The Labute approximate surface area is 201 Å². The van der Waals surface area contributed by atoms with E-state index in [1.54, 1.807) is 18.2 Å². The summed E-state index contributed by atoms with van der Waals surface area (Å²) in [4.78, 5) is 12.6. The second kappa shape index (κ2) is 11.1. The van der Waals surface area contributed by atoms with Crippen LogP contribution in [0.3, 0.4) is 0 Å². The Bertz CT molecular complexity index is 1040. The molecule has 0 heterocycles. The van der Waals surface area contributed by atoms with Crippen LogP contribution < -0.4 is 4.74 Å². The molecule has 4 unspecified atom stereocenters. The van der Waals surface area contributed by atoms with E-state index in [1.807, 2.05) is 25.1 Å². The van der Waals surface area contributed by atoms with E-state index in [1.165, 1.54) is 12.5 Å². The number of allylic oxidation sites excluding steroid dienone is 3. The summed E-state index contributed by atoms with van der Waals surface area (Å²) < 4.78 is 35.4. The minimum atomic E-state index is -1.11. The number of hydrogen-bond acceptors (Lipinski definition) is 2. The summed E-state index contributed by atoms with van der Waals surface area (Å²) in [5.41, 5.74) is 1.15. The average molecular weight is 465 g/mol. The molecule has 2 aromatic carbocycles. The van der Waals surface area contributed by atoms with Crippen molar-refractivity contribution in [3.05, 3.63) is 89.5 Å². The molecular formula is C30H34F2O2. The lowest BCUT2D eigenvalue weighted by Gasteiger charge is -2.41. The zero-order valence-corrected chi connectivity index (χ0v) is 19.9. The van der Waals surface area contributed by atoms with E-state index in [-0.39, 0.29) is 11.5 Å². The number of esters is 1. The number of aryl methyl sites for hydroxylation is 1. The van der Waals surface area contributed by atoms with Crippen molar-refractivity contribution in [3.63, 3.8) is 0 Å². The van der Waals surface area contributed by atoms with Crippen LogP contribution in [-0.2, 0) is 6.42 Å². The maximum absolute atomic E-state index is 15.1. The molecule has 2 aromatic rings. The molecule has 2 aliphatic rings. The van der Waals surface area contributed by atoms with Crippen LogP contribution in [-0.4, -0.2) is 5.97 Å². The zero-order chi connectivity index (χ0) is 24.1. The van der Waals surface area contributed by atoms with Gasteiger partial charge in [-0.25, -0.2) is 13.6 Å². The normalized spacial score (nSPS) is 24.6. The van der Waals surface area contributed by atoms with Gasteiger partial charge in [0.1, 0.15) is 5.75 Å². The number of hydrogen-bond donors (Lipinski definition) is 0. The predicted octanol–water partition coefficient (Wildman–Crippen LogP) is 8.18. The average Bonchev–Trinajstić information content (AvgIpc) is 2.86. The summed E-state index contributed by atoms with van der Waals surface area (Å²) in [5.74, 6) is -0.774. The fraction of sp³-hybridized carbons (Fsp3) is 0.433. The molecule has 0 saturated heterocycles. The van der Waals surface area contributed by atoms with Crippen LogP contribution >= 0.6 is 0 Å². The minimum Gasteiger partial charge on any atom is -0.423 e. The molecule has 0 spiro atoms. The number of rotatable bonds is 7. The summed E-state index contributed by atoms with van der Waals surface area (Å²) >= 11 is 0. The lowest BCUT2D eigenvalue weighted by atomic mass is 9.64. The van der Waals surface area contributed by atoms with Gasteiger partial charge in [0.25, 0.3) is 0 Å². The topological polar surface area (TPSA) is 26.3 Å². The Morgan fingerprint density at radius 3 is 2.47 bits per heavy atom. The lowest BCUT2D eigenvalue weighted by molar-refractivity contribution is 0.0728. The Kier molecular flexibility index (Phi) is 7.97. The van der Waals surface area contributed by atoms with Crippen LogP contribution in [0.2, 0.25) is 0 Å². The summed E-state index contributed by atoms with van der Waals surface area (Å²) in [7, 11) is 0. The minimum absolute atomic E-state index is 0.00352. The van der Waals surface area contributed by atoms with Gasteiger partial charge in [-0.05, 0) is 111 Å². The van der Waals surface area contributed by atoms with Gasteiger partial charge in [0.2, 0.25) is 0 Å². The molecule has 4 atom stereocenters. The van der Waals surface area contributed by atoms with Crippen molar-refractivity contribution in [3.8, 4) is 5.75 Å². The number of benzene rings is 2. The van der Waals surface area contributed by atoms with E-state index in [0.29, 0.717) is 29.1 Å². The fourth-order valence-electron chi connectivity index (χ4n) is 5.76. The van der Waals surface area contributed by atoms with Gasteiger partial charge in [-0.1, -0.05) is 36.4 Å². The lowest BCUT2D eigenvalue weighted by Crippen LogP contribution is -2.30. The Morgan fingerprint density at radius 1 is 1.00 bits per heavy atom. The van der Waals surface area contributed by atoms with Gasteiger partial charge in [-0.3, -0.25) is 0 Å². The van der Waals surface area contributed by atoms with E-state index >= 15 is 4.39 Å². The quantitative estimate of drug-likeness (QED) is 0.235. The van der Waals surface area contributed by atoms with Crippen molar-refractivity contribution in [2.75, 3.05) is 0 Å². The van der Waals surface area contributed by atoms with Gasteiger partial charge < -0.3 is 4.74 Å². The smallest absolute Gasteiger partial charge is 0.346 e. The number of fused-ring (bicyclic) bond motifs is 1. The maximum Gasteiger partial charge on any atom is 0.346 e. The van der Waals surface area contributed by atoms with Crippen molar-refractivity contribution in [2.45, 2.75) is 64.2 Å². The highest BCUT2D eigenvalue weighted by Crippen LogP contribution is 2.48. The predicted molar refractivity (Wildman–Crippen MR) is 132 cm³/mol. The first-order valence-electron chi connectivity index (χ1n) is 12.5. The third-order valence-corrected chi connectivity index (χ3v) is 7.73. The van der Waals surface area contributed by atoms with E-state index in [9.17, 15) is 9.18 Å². The fourth-order valence-corrected chi connectivity index (χ4v) is 5.76. The second-order valence-corrected chi connectivity index (χ2v) is 9.81. The number of halogens is 2. The van der Waals surface area contributed by atoms with Crippen molar-refractivity contribution < 1.29 is 18.3 Å². The van der Waals surface area contributed by atoms with Crippen LogP contribution in [0.25, 0.3) is 0 Å². The van der Waals surface area contributed by atoms with Crippen LogP contribution in [0.4, 0.5) is 8.78 Å². The van der Waals surface area contributed by atoms with Crippen molar-refractivity contribution in [1.82, 2.24) is 0 Å². The molecule has 0 bridgehead atoms. The third-order valence-electron chi connectivity index (χ3n) is 7.73. The molecule has 180 valence electrons. The molecule has 2 aliphatic carbocycles. The monoisotopic (exact) mass is 464 g/mol. The van der Waals surface area contributed by atoms with Gasteiger partial charge in [0.05, 0.1) is 5.56 Å². The molecule has 0 aromatic heterocycles. The van der Waals surface area contributed by atoms with Crippen molar-refractivity contribution >= 4 is 5.97 Å². The van der Waals surface area contributed by atoms with E-state index < -0.39 is 17.6 Å². The first-order valence-corrected chi connectivity index (χ1v) is 12.5. The van der Waals surface area contributed by atoms with Gasteiger partial charge >= 0.3 is 5.97 Å². The molecular weight excluding hydrogens is 430 g/mol. The second-order valence-electron chi connectivity index (χ2n) is 9.81. The molecule has 2 saturated carbocycles. The van der Waals surface area contributed by atoms with Crippen LogP contribution in [0, 0.1) is 29.4 Å². The Morgan fingerprint density at radius 2 is 1.74 bits per heavy atom. The van der Waals surface area contributed by atoms with Crippen LogP contribution in [0.15, 0.2) is 61.2 Å². The standard InChI is InChI=1S/C30H34F2O2/c1-3-5-6-7-21-9-14-25(15-10-21)34-30(33)27-17-16-26(28(31)29(27)32)24-13-12-22-18-20(4-2)8-11-23(22)19-24/h3-5,9-10,14-17,20,22-24H,2,6-8,11-13,18-19H2,1H3/b5-3+. The number of ether oxygens (including phenoxy) is 1. The molecule has 2 nitrogen and oxygen atoms in total. The molecule has 0 amide bonds. The van der Waals surface area contributed by atoms with E-state index in [2.05, 4.69) is 18.7 Å². The van der Waals surface area contributed by atoms with Crippen molar-refractivity contribution in [2.24, 2.45) is 17.8 Å².